The minimum atomic E-state index is -0.298. The van der Waals surface area contributed by atoms with Gasteiger partial charge in [0, 0.05) is 43.2 Å². The van der Waals surface area contributed by atoms with Crippen molar-refractivity contribution < 1.29 is 9.47 Å². The number of aromatic nitrogens is 2. The quantitative estimate of drug-likeness (QED) is 0.579. The highest BCUT2D eigenvalue weighted by Gasteiger charge is 2.09. The number of rotatable bonds is 7. The second kappa shape index (κ2) is 7.64. The smallest absolute Gasteiger partial charge is 0.183 e. The van der Waals surface area contributed by atoms with Gasteiger partial charge in [0.05, 0.1) is 5.69 Å². The molecule has 0 saturated heterocycles. The highest BCUT2D eigenvalue weighted by atomic mass is 32.2. The van der Waals surface area contributed by atoms with Crippen molar-refractivity contribution in [1.82, 2.24) is 9.78 Å². The van der Waals surface area contributed by atoms with E-state index in [1.54, 1.807) is 26.0 Å². The molecule has 2 aromatic rings. The summed E-state index contributed by atoms with van der Waals surface area (Å²) in [5, 5.41) is 4.47. The Balaban J connectivity index is 1.98. The van der Waals surface area contributed by atoms with Crippen LogP contribution in [0.5, 0.6) is 0 Å². The van der Waals surface area contributed by atoms with Crippen molar-refractivity contribution in [3.63, 3.8) is 0 Å². The summed E-state index contributed by atoms with van der Waals surface area (Å²) in [4.78, 5) is 1.23. The van der Waals surface area contributed by atoms with Gasteiger partial charge in [0.2, 0.25) is 0 Å². The van der Waals surface area contributed by atoms with Gasteiger partial charge in [0.15, 0.2) is 6.29 Å². The van der Waals surface area contributed by atoms with Crippen molar-refractivity contribution in [3.05, 3.63) is 47.3 Å². The summed E-state index contributed by atoms with van der Waals surface area (Å²) in [7, 11) is 5.29. The first-order chi connectivity index (χ1) is 10.2. The molecule has 0 aliphatic rings. The van der Waals surface area contributed by atoms with Crippen molar-refractivity contribution >= 4 is 11.8 Å². The molecule has 0 aliphatic heterocycles. The van der Waals surface area contributed by atoms with Crippen molar-refractivity contribution in [2.45, 2.75) is 30.3 Å². The number of hydrogen-bond acceptors (Lipinski definition) is 4. The van der Waals surface area contributed by atoms with Crippen LogP contribution in [0.25, 0.3) is 0 Å². The molecule has 0 saturated carbocycles. The van der Waals surface area contributed by atoms with E-state index >= 15 is 0 Å². The van der Waals surface area contributed by atoms with Gasteiger partial charge in [-0.15, -0.1) is 11.8 Å². The average molecular weight is 306 g/mol. The summed E-state index contributed by atoms with van der Waals surface area (Å²) in [5.74, 6) is 0.917. The van der Waals surface area contributed by atoms with E-state index in [0.717, 1.165) is 23.4 Å². The highest BCUT2D eigenvalue weighted by Crippen LogP contribution is 2.25. The van der Waals surface area contributed by atoms with Gasteiger partial charge in [0.25, 0.3) is 0 Å². The van der Waals surface area contributed by atoms with Crippen LogP contribution >= 0.6 is 11.8 Å². The van der Waals surface area contributed by atoms with Gasteiger partial charge >= 0.3 is 0 Å². The van der Waals surface area contributed by atoms with Crippen LogP contribution < -0.4 is 0 Å². The minimum Gasteiger partial charge on any atom is -0.352 e. The minimum absolute atomic E-state index is 0.298. The number of aryl methyl sites for hydroxylation is 2. The van der Waals surface area contributed by atoms with Gasteiger partial charge < -0.3 is 9.47 Å². The summed E-state index contributed by atoms with van der Waals surface area (Å²) in [6, 6.07) is 10.5. The van der Waals surface area contributed by atoms with Gasteiger partial charge in [-0.3, -0.25) is 4.68 Å². The molecule has 0 radical (unpaired) electrons. The number of hydrogen-bond donors (Lipinski definition) is 0. The van der Waals surface area contributed by atoms with Crippen LogP contribution in [0.15, 0.2) is 35.2 Å². The number of benzene rings is 1. The first kappa shape index (κ1) is 16.1. The molecule has 0 amide bonds. The number of nitrogens with zero attached hydrogens (tertiary/aromatic N) is 2. The van der Waals surface area contributed by atoms with Gasteiger partial charge in [-0.1, -0.05) is 19.1 Å². The summed E-state index contributed by atoms with van der Waals surface area (Å²) in [5.41, 5.74) is 3.41. The van der Waals surface area contributed by atoms with Crippen LogP contribution in [0.2, 0.25) is 0 Å². The third-order valence-electron chi connectivity index (χ3n) is 3.36. The van der Waals surface area contributed by atoms with Gasteiger partial charge in [-0.05, 0) is 24.6 Å². The second-order valence-corrected chi connectivity index (χ2v) is 5.81. The average Bonchev–Trinajstić information content (AvgIpc) is 2.88. The van der Waals surface area contributed by atoms with Crippen LogP contribution in [0.4, 0.5) is 0 Å². The van der Waals surface area contributed by atoms with Crippen LogP contribution in [0.1, 0.15) is 30.2 Å². The van der Waals surface area contributed by atoms with Crippen LogP contribution in [0, 0.1) is 0 Å². The molecule has 1 aromatic carbocycles. The zero-order valence-corrected chi connectivity index (χ0v) is 13.8. The predicted molar refractivity (Wildman–Crippen MR) is 85.3 cm³/mol. The molecule has 0 unspecified atom stereocenters. The second-order valence-electron chi connectivity index (χ2n) is 4.77. The summed E-state index contributed by atoms with van der Waals surface area (Å²) in [6.45, 7) is 2.13. The van der Waals surface area contributed by atoms with E-state index in [0.29, 0.717) is 0 Å². The largest absolute Gasteiger partial charge is 0.352 e. The molecule has 21 heavy (non-hydrogen) atoms. The standard InChI is InChI=1S/C16H22N2O2S/c1-5-13-10-14(18(2)17-13)11-21-15-8-6-12(7-9-15)16(19-3)20-4/h6-10,16H,5,11H2,1-4H3. The lowest BCUT2D eigenvalue weighted by molar-refractivity contribution is -0.106. The molecule has 0 aliphatic carbocycles. The van der Waals surface area contributed by atoms with Crippen LogP contribution in [-0.4, -0.2) is 24.0 Å². The Kier molecular flexibility index (Phi) is 5.85. The maximum Gasteiger partial charge on any atom is 0.183 e. The fraction of sp³-hybridized carbons (Fsp3) is 0.438. The van der Waals surface area contributed by atoms with Crippen molar-refractivity contribution in [1.29, 1.82) is 0 Å². The van der Waals surface area contributed by atoms with Crippen molar-refractivity contribution in [2.75, 3.05) is 14.2 Å². The molecular formula is C16H22N2O2S. The van der Waals surface area contributed by atoms with E-state index in [9.17, 15) is 0 Å². The molecule has 4 nitrogen and oxygen atoms in total. The molecule has 2 rings (SSSR count). The summed E-state index contributed by atoms with van der Waals surface area (Å²) in [6.07, 6.45) is 0.677. The molecule has 0 N–H and O–H groups in total. The molecule has 0 atom stereocenters. The normalized spacial score (nSPS) is 11.3. The summed E-state index contributed by atoms with van der Waals surface area (Å²) >= 11 is 1.80. The Morgan fingerprint density at radius 2 is 1.86 bits per heavy atom. The van der Waals surface area contributed by atoms with E-state index in [2.05, 4.69) is 30.2 Å². The maximum absolute atomic E-state index is 5.24. The number of thioether (sulfide) groups is 1. The lowest BCUT2D eigenvalue weighted by Crippen LogP contribution is -2.03. The zero-order valence-electron chi connectivity index (χ0n) is 13.0. The monoisotopic (exact) mass is 306 g/mol. The Hall–Kier alpha value is -1.30. The molecular weight excluding hydrogens is 284 g/mol. The Morgan fingerprint density at radius 3 is 2.38 bits per heavy atom. The van der Waals surface area contributed by atoms with Crippen LogP contribution in [0.3, 0.4) is 0 Å². The Bertz CT molecular complexity index is 562. The molecule has 114 valence electrons. The Morgan fingerprint density at radius 1 is 1.19 bits per heavy atom. The highest BCUT2D eigenvalue weighted by molar-refractivity contribution is 7.98. The first-order valence-electron chi connectivity index (χ1n) is 6.98. The first-order valence-corrected chi connectivity index (χ1v) is 7.96. The maximum atomic E-state index is 5.24. The van der Waals surface area contributed by atoms with E-state index in [1.807, 2.05) is 23.9 Å². The number of ether oxygens (including phenoxy) is 2. The predicted octanol–water partition coefficient (Wildman–Crippen LogP) is 3.57. The third kappa shape index (κ3) is 4.09. The lowest BCUT2D eigenvalue weighted by Gasteiger charge is -2.13. The molecule has 1 aromatic heterocycles. The molecule has 5 heteroatoms. The summed E-state index contributed by atoms with van der Waals surface area (Å²) < 4.78 is 12.5. The van der Waals surface area contributed by atoms with E-state index in [4.69, 9.17) is 9.47 Å². The van der Waals surface area contributed by atoms with Gasteiger partial charge in [0.1, 0.15) is 0 Å². The molecule has 0 fully saturated rings. The van der Waals surface area contributed by atoms with E-state index < -0.39 is 0 Å². The lowest BCUT2D eigenvalue weighted by atomic mass is 10.2. The molecule has 0 bridgehead atoms. The van der Waals surface area contributed by atoms with E-state index in [-0.39, 0.29) is 6.29 Å². The fourth-order valence-electron chi connectivity index (χ4n) is 2.13. The number of methoxy groups -OCH3 is 2. The fourth-order valence-corrected chi connectivity index (χ4v) is 3.04. The topological polar surface area (TPSA) is 36.3 Å². The van der Waals surface area contributed by atoms with Gasteiger partial charge in [-0.25, -0.2) is 0 Å². The SMILES string of the molecule is CCc1cc(CSc2ccc(C(OC)OC)cc2)n(C)n1. The van der Waals surface area contributed by atoms with Crippen LogP contribution in [-0.2, 0) is 28.7 Å². The van der Waals surface area contributed by atoms with Gasteiger partial charge in [-0.2, -0.15) is 5.10 Å². The molecule has 1 heterocycles. The van der Waals surface area contributed by atoms with Crippen molar-refractivity contribution in [3.8, 4) is 0 Å². The third-order valence-corrected chi connectivity index (χ3v) is 4.40. The van der Waals surface area contributed by atoms with Crippen molar-refractivity contribution in [2.24, 2.45) is 7.05 Å². The molecule has 0 spiro atoms. The van der Waals surface area contributed by atoms with E-state index in [1.165, 1.54) is 10.6 Å². The zero-order chi connectivity index (χ0) is 15.2. The Labute approximate surface area is 130 Å².